The van der Waals surface area contributed by atoms with E-state index in [2.05, 4.69) is 16.1 Å². The second-order valence-corrected chi connectivity index (χ2v) is 9.75. The van der Waals surface area contributed by atoms with Crippen molar-refractivity contribution in [2.45, 2.75) is 38.1 Å². The molecule has 0 radical (unpaired) electrons. The zero-order valence-corrected chi connectivity index (χ0v) is 19.8. The van der Waals surface area contributed by atoms with Crippen molar-refractivity contribution < 1.29 is 18.0 Å². The molecule has 3 aromatic rings. The van der Waals surface area contributed by atoms with Crippen LogP contribution < -0.4 is 10.0 Å². The Labute approximate surface area is 195 Å². The predicted octanol–water partition coefficient (Wildman–Crippen LogP) is 4.08. The van der Waals surface area contributed by atoms with Crippen LogP contribution in [0.5, 0.6) is 0 Å². The lowest BCUT2D eigenvalue weighted by molar-refractivity contribution is -0.121. The zero-order chi connectivity index (χ0) is 24.0. The van der Waals surface area contributed by atoms with Crippen molar-refractivity contribution in [1.29, 1.82) is 0 Å². The van der Waals surface area contributed by atoms with E-state index in [9.17, 15) is 18.0 Å². The predicted molar refractivity (Wildman–Crippen MR) is 129 cm³/mol. The largest absolute Gasteiger partial charge is 0.345 e. The number of sulfonamides is 1. The van der Waals surface area contributed by atoms with Gasteiger partial charge in [0.05, 0.1) is 10.9 Å². The molecule has 1 atom stereocenters. The number of aryl methyl sites for hydroxylation is 2. The number of carbonyl (C=O) groups excluding carboxylic acids is 2. The smallest absolute Gasteiger partial charge is 0.240 e. The first-order valence-electron chi connectivity index (χ1n) is 10.7. The Morgan fingerprint density at radius 1 is 0.848 bits per heavy atom. The molecule has 0 fully saturated rings. The summed E-state index contributed by atoms with van der Waals surface area (Å²) in [6, 6.07) is 21.1. The number of nitrogens with one attached hydrogen (secondary N) is 2. The summed E-state index contributed by atoms with van der Waals surface area (Å²) in [6.07, 6.45) is -0.0149. The first-order valence-corrected chi connectivity index (χ1v) is 12.2. The molecule has 0 saturated carbocycles. The fourth-order valence-electron chi connectivity index (χ4n) is 3.43. The number of Topliss-reactive ketones (excluding diaryl/α,β-unsaturated/α-hetero) is 1. The number of hydrogen-bond acceptors (Lipinski definition) is 4. The lowest BCUT2D eigenvalue weighted by Gasteiger charge is -2.21. The zero-order valence-electron chi connectivity index (χ0n) is 19.0. The molecule has 0 heterocycles. The molecule has 0 saturated heterocycles. The Bertz CT molecular complexity index is 1240. The quantitative estimate of drug-likeness (QED) is 0.467. The lowest BCUT2D eigenvalue weighted by atomic mass is 9.95. The molecule has 1 amide bonds. The van der Waals surface area contributed by atoms with Gasteiger partial charge < -0.3 is 5.32 Å². The first-order chi connectivity index (χ1) is 15.7. The second kappa shape index (κ2) is 10.6. The monoisotopic (exact) mass is 464 g/mol. The normalized spacial score (nSPS) is 12.2. The fraction of sp³-hybridized carbons (Fsp3) is 0.231. The van der Waals surface area contributed by atoms with Crippen LogP contribution in [0.25, 0.3) is 0 Å². The molecule has 0 bridgehead atoms. The van der Waals surface area contributed by atoms with Gasteiger partial charge in [0.2, 0.25) is 15.9 Å². The topological polar surface area (TPSA) is 92.3 Å². The molecule has 0 aromatic heterocycles. The Morgan fingerprint density at radius 2 is 1.52 bits per heavy atom. The average Bonchev–Trinajstić information content (AvgIpc) is 2.80. The second-order valence-electron chi connectivity index (χ2n) is 7.98. The molecule has 33 heavy (non-hydrogen) atoms. The molecule has 2 N–H and O–H groups in total. The minimum absolute atomic E-state index is 0.0149. The SMILES string of the molecule is CC(=O)c1ccc(S(=O)(=O)NCCC(=O)NC(c2ccccc2)c2ccc(C)c(C)c2)cc1. The van der Waals surface area contributed by atoms with Gasteiger partial charge in [-0.3, -0.25) is 9.59 Å². The molecule has 1 unspecified atom stereocenters. The van der Waals surface area contributed by atoms with Crippen molar-refractivity contribution in [3.63, 3.8) is 0 Å². The molecular weight excluding hydrogens is 436 g/mol. The summed E-state index contributed by atoms with van der Waals surface area (Å²) >= 11 is 0. The number of carbonyl (C=O) groups is 2. The summed E-state index contributed by atoms with van der Waals surface area (Å²) in [7, 11) is -3.78. The standard InChI is InChI=1S/C26H28N2O4S/c1-18-9-10-23(17-19(18)2)26(22-7-5-4-6-8-22)28-25(30)15-16-27-33(31,32)24-13-11-21(12-14-24)20(3)29/h4-14,17,26-27H,15-16H2,1-3H3,(H,28,30). The Morgan fingerprint density at radius 3 is 2.12 bits per heavy atom. The van der Waals surface area contributed by atoms with Crippen molar-refractivity contribution in [3.8, 4) is 0 Å². The van der Waals surface area contributed by atoms with Crippen molar-refractivity contribution in [1.82, 2.24) is 10.0 Å². The van der Waals surface area contributed by atoms with Gasteiger partial charge in [0, 0.05) is 18.5 Å². The third-order valence-corrected chi connectivity index (χ3v) is 6.99. The number of benzene rings is 3. The maximum Gasteiger partial charge on any atom is 0.240 e. The highest BCUT2D eigenvalue weighted by Crippen LogP contribution is 2.24. The minimum Gasteiger partial charge on any atom is -0.345 e. The summed E-state index contributed by atoms with van der Waals surface area (Å²) in [4.78, 5) is 24.1. The Kier molecular flexibility index (Phi) is 7.79. The Hall–Kier alpha value is -3.29. The summed E-state index contributed by atoms with van der Waals surface area (Å²) in [5.41, 5.74) is 4.64. The van der Waals surface area contributed by atoms with Gasteiger partial charge in [-0.2, -0.15) is 0 Å². The number of hydrogen-bond donors (Lipinski definition) is 2. The van der Waals surface area contributed by atoms with E-state index < -0.39 is 10.0 Å². The molecule has 6 nitrogen and oxygen atoms in total. The number of amides is 1. The van der Waals surface area contributed by atoms with Crippen molar-refractivity contribution in [2.24, 2.45) is 0 Å². The van der Waals surface area contributed by atoms with Crippen LogP contribution in [0.3, 0.4) is 0 Å². The van der Waals surface area contributed by atoms with Crippen LogP contribution in [0.15, 0.2) is 77.7 Å². The van der Waals surface area contributed by atoms with Gasteiger partial charge in [-0.1, -0.05) is 60.7 Å². The Balaban J connectivity index is 1.66. The van der Waals surface area contributed by atoms with Crippen LogP contribution in [0.4, 0.5) is 0 Å². The van der Waals surface area contributed by atoms with Crippen molar-refractivity contribution in [2.75, 3.05) is 6.54 Å². The third kappa shape index (κ3) is 6.37. The van der Waals surface area contributed by atoms with Crippen LogP contribution in [-0.4, -0.2) is 26.7 Å². The molecule has 0 spiro atoms. The van der Waals surface area contributed by atoms with Crippen LogP contribution >= 0.6 is 0 Å². The molecule has 0 aliphatic carbocycles. The summed E-state index contributed by atoms with van der Waals surface area (Å²) in [5, 5.41) is 3.03. The van der Waals surface area contributed by atoms with Crippen LogP contribution in [0, 0.1) is 13.8 Å². The number of ketones is 1. The van der Waals surface area contributed by atoms with Crippen molar-refractivity contribution >= 4 is 21.7 Å². The number of rotatable bonds is 9. The van der Waals surface area contributed by atoms with Gasteiger partial charge in [0.25, 0.3) is 0 Å². The fourth-order valence-corrected chi connectivity index (χ4v) is 4.46. The van der Waals surface area contributed by atoms with Gasteiger partial charge in [-0.15, -0.1) is 0 Å². The third-order valence-electron chi connectivity index (χ3n) is 5.52. The van der Waals surface area contributed by atoms with Gasteiger partial charge >= 0.3 is 0 Å². The van der Waals surface area contributed by atoms with E-state index in [1.165, 1.54) is 36.8 Å². The summed E-state index contributed by atoms with van der Waals surface area (Å²) < 4.78 is 27.5. The van der Waals surface area contributed by atoms with E-state index in [4.69, 9.17) is 0 Å². The first kappa shape index (κ1) is 24.4. The average molecular weight is 465 g/mol. The van der Waals surface area contributed by atoms with E-state index in [-0.39, 0.29) is 35.6 Å². The highest BCUT2D eigenvalue weighted by molar-refractivity contribution is 7.89. The van der Waals surface area contributed by atoms with E-state index in [0.717, 1.165) is 16.7 Å². The van der Waals surface area contributed by atoms with Gasteiger partial charge in [-0.25, -0.2) is 13.1 Å². The van der Waals surface area contributed by atoms with E-state index >= 15 is 0 Å². The summed E-state index contributed by atoms with van der Waals surface area (Å²) in [5.74, 6) is -0.406. The van der Waals surface area contributed by atoms with E-state index in [0.29, 0.717) is 5.56 Å². The molecular formula is C26H28N2O4S. The van der Waals surface area contributed by atoms with E-state index in [1.807, 2.05) is 56.3 Å². The van der Waals surface area contributed by atoms with E-state index in [1.54, 1.807) is 0 Å². The summed E-state index contributed by atoms with van der Waals surface area (Å²) in [6.45, 7) is 5.44. The maximum atomic E-state index is 12.7. The lowest BCUT2D eigenvalue weighted by Crippen LogP contribution is -2.33. The molecule has 3 aromatic carbocycles. The minimum atomic E-state index is -3.78. The molecule has 3 rings (SSSR count). The highest BCUT2D eigenvalue weighted by atomic mass is 32.2. The maximum absolute atomic E-state index is 12.7. The molecule has 0 aliphatic rings. The molecule has 0 aliphatic heterocycles. The van der Waals surface area contributed by atoms with Crippen molar-refractivity contribution in [3.05, 3.63) is 101 Å². The van der Waals surface area contributed by atoms with Crippen LogP contribution in [0.1, 0.15) is 52.0 Å². The highest BCUT2D eigenvalue weighted by Gasteiger charge is 2.19. The van der Waals surface area contributed by atoms with Gasteiger partial charge in [-0.05, 0) is 55.2 Å². The molecule has 172 valence electrons. The van der Waals surface area contributed by atoms with Gasteiger partial charge in [0.1, 0.15) is 0 Å². The van der Waals surface area contributed by atoms with Crippen LogP contribution in [-0.2, 0) is 14.8 Å². The molecule has 7 heteroatoms. The van der Waals surface area contributed by atoms with Gasteiger partial charge in [0.15, 0.2) is 5.78 Å². The van der Waals surface area contributed by atoms with Crippen LogP contribution in [0.2, 0.25) is 0 Å².